The zero-order chi connectivity index (χ0) is 8.10. The lowest BCUT2D eigenvalue weighted by Gasteiger charge is -1.93. The van der Waals surface area contributed by atoms with E-state index in [1.807, 2.05) is 37.6 Å². The van der Waals surface area contributed by atoms with Gasteiger partial charge in [0.1, 0.15) is 7.85 Å². The largest absolute Gasteiger partial charge is 0.292 e. The highest BCUT2D eigenvalue weighted by Gasteiger charge is 1.84. The third-order valence-electron chi connectivity index (χ3n) is 1.43. The van der Waals surface area contributed by atoms with Gasteiger partial charge in [-0.1, -0.05) is 29.7 Å². The molecule has 0 aromatic heterocycles. The van der Waals surface area contributed by atoms with Gasteiger partial charge in [-0.05, 0) is 11.6 Å². The summed E-state index contributed by atoms with van der Waals surface area (Å²) in [5.74, 6) is 0. The molecule has 0 aliphatic carbocycles. The molecule has 0 saturated carbocycles. The molecule has 2 nitrogen and oxygen atoms in total. The molecule has 0 saturated heterocycles. The van der Waals surface area contributed by atoms with Crippen molar-refractivity contribution in [3.05, 3.63) is 36.0 Å². The van der Waals surface area contributed by atoms with Crippen molar-refractivity contribution in [2.45, 2.75) is 0 Å². The molecule has 0 aliphatic heterocycles. The Balaban J connectivity index is 2.73. The number of hydroxylamine groups is 1. The summed E-state index contributed by atoms with van der Waals surface area (Å²) in [6.07, 6.45) is 3.27. The first-order valence-corrected chi connectivity index (χ1v) is 3.46. The summed E-state index contributed by atoms with van der Waals surface area (Å²) in [4.78, 5) is 0. The molecule has 0 spiro atoms. The van der Waals surface area contributed by atoms with Crippen LogP contribution in [0.4, 0.5) is 0 Å². The molecule has 0 fully saturated rings. The van der Waals surface area contributed by atoms with Crippen molar-refractivity contribution < 1.29 is 5.21 Å². The molecule has 56 valence electrons. The van der Waals surface area contributed by atoms with Gasteiger partial charge in [-0.25, -0.2) is 0 Å². The first-order valence-electron chi connectivity index (χ1n) is 3.46. The monoisotopic (exact) mass is 147 g/mol. The Kier molecular flexibility index (Phi) is 2.75. The lowest BCUT2D eigenvalue weighted by Crippen LogP contribution is -1.99. The Labute approximate surface area is 66.9 Å². The molecule has 0 radical (unpaired) electrons. The molecule has 1 rings (SSSR count). The third kappa shape index (κ3) is 2.47. The second-order valence-electron chi connectivity index (χ2n) is 2.37. The number of benzene rings is 1. The summed E-state index contributed by atoms with van der Waals surface area (Å²) < 4.78 is 0. The first-order chi connectivity index (χ1) is 5.33. The zero-order valence-electron chi connectivity index (χ0n) is 6.41. The van der Waals surface area contributed by atoms with Crippen LogP contribution in [0.5, 0.6) is 0 Å². The minimum Gasteiger partial charge on any atom is -0.292 e. The summed E-state index contributed by atoms with van der Waals surface area (Å²) in [7, 11) is 2.04. The van der Waals surface area contributed by atoms with Gasteiger partial charge in [0.25, 0.3) is 0 Å². The molecular formula is C8H10BNO. The Morgan fingerprint density at radius 3 is 2.45 bits per heavy atom. The molecule has 0 heterocycles. The van der Waals surface area contributed by atoms with Crippen molar-refractivity contribution in [2.75, 3.05) is 0 Å². The van der Waals surface area contributed by atoms with E-state index in [1.54, 1.807) is 6.08 Å². The number of nitrogens with one attached hydrogen (secondary N) is 1. The Morgan fingerprint density at radius 1 is 1.27 bits per heavy atom. The minimum absolute atomic E-state index is 1.07. The summed E-state index contributed by atoms with van der Waals surface area (Å²) in [6.45, 7) is 0. The van der Waals surface area contributed by atoms with Crippen molar-refractivity contribution in [3.63, 3.8) is 0 Å². The number of hydrogen-bond acceptors (Lipinski definition) is 2. The SMILES string of the molecule is Bc1ccc(/C=C/NO)cc1. The topological polar surface area (TPSA) is 32.3 Å². The predicted octanol–water partition coefficient (Wildman–Crippen LogP) is -0.106. The summed E-state index contributed by atoms with van der Waals surface area (Å²) in [5.41, 5.74) is 4.25. The van der Waals surface area contributed by atoms with E-state index in [-0.39, 0.29) is 0 Å². The van der Waals surface area contributed by atoms with E-state index < -0.39 is 0 Å². The molecule has 0 unspecified atom stereocenters. The van der Waals surface area contributed by atoms with Crippen LogP contribution >= 0.6 is 0 Å². The fourth-order valence-corrected chi connectivity index (χ4v) is 0.811. The molecule has 1 aromatic rings. The quantitative estimate of drug-likeness (QED) is 0.452. The van der Waals surface area contributed by atoms with Crippen molar-refractivity contribution in [3.8, 4) is 0 Å². The Bertz CT molecular complexity index is 243. The second kappa shape index (κ2) is 3.83. The summed E-state index contributed by atoms with van der Waals surface area (Å²) >= 11 is 0. The van der Waals surface area contributed by atoms with E-state index in [1.165, 1.54) is 11.7 Å². The molecule has 0 aliphatic rings. The summed E-state index contributed by atoms with van der Waals surface area (Å²) in [6, 6.07) is 8.03. The number of hydrogen-bond donors (Lipinski definition) is 2. The third-order valence-corrected chi connectivity index (χ3v) is 1.43. The molecule has 3 heteroatoms. The standard InChI is InChI=1S/C8H10BNO/c9-8-3-1-7(2-4-8)5-6-10-11/h1-6,10-11H,9H2/b6-5+. The van der Waals surface area contributed by atoms with Gasteiger partial charge in [0.05, 0.1) is 0 Å². The average Bonchev–Trinajstić information content (AvgIpc) is 2.04. The lowest BCUT2D eigenvalue weighted by molar-refractivity contribution is 0.215. The summed E-state index contributed by atoms with van der Waals surface area (Å²) in [5, 5.41) is 8.25. The molecule has 0 atom stereocenters. The highest BCUT2D eigenvalue weighted by molar-refractivity contribution is 6.32. The van der Waals surface area contributed by atoms with Crippen LogP contribution in [0.2, 0.25) is 0 Å². The van der Waals surface area contributed by atoms with Crippen molar-refractivity contribution in [2.24, 2.45) is 0 Å². The predicted molar refractivity (Wildman–Crippen MR) is 48.6 cm³/mol. The molecule has 1 aromatic carbocycles. The highest BCUT2D eigenvalue weighted by Crippen LogP contribution is 1.97. The van der Waals surface area contributed by atoms with Gasteiger partial charge in [0.2, 0.25) is 0 Å². The fourth-order valence-electron chi connectivity index (χ4n) is 0.811. The van der Waals surface area contributed by atoms with Gasteiger partial charge in [-0.2, -0.15) is 0 Å². The molecule has 2 N–H and O–H groups in total. The van der Waals surface area contributed by atoms with E-state index >= 15 is 0 Å². The Hall–Kier alpha value is -1.22. The van der Waals surface area contributed by atoms with Crippen LogP contribution in [-0.4, -0.2) is 13.1 Å². The average molecular weight is 147 g/mol. The van der Waals surface area contributed by atoms with E-state index in [4.69, 9.17) is 5.21 Å². The van der Waals surface area contributed by atoms with Gasteiger partial charge < -0.3 is 0 Å². The van der Waals surface area contributed by atoms with Crippen LogP contribution in [0.1, 0.15) is 5.56 Å². The normalized spacial score (nSPS) is 10.3. The smallest absolute Gasteiger partial charge is 0.139 e. The van der Waals surface area contributed by atoms with Crippen LogP contribution < -0.4 is 10.9 Å². The highest BCUT2D eigenvalue weighted by atomic mass is 16.5. The van der Waals surface area contributed by atoms with E-state index in [0.717, 1.165) is 5.56 Å². The maximum absolute atomic E-state index is 8.25. The molecule has 0 bridgehead atoms. The minimum atomic E-state index is 1.07. The second-order valence-corrected chi connectivity index (χ2v) is 2.37. The Morgan fingerprint density at radius 2 is 1.91 bits per heavy atom. The van der Waals surface area contributed by atoms with Gasteiger partial charge in [0.15, 0.2) is 0 Å². The maximum Gasteiger partial charge on any atom is 0.139 e. The van der Waals surface area contributed by atoms with Gasteiger partial charge >= 0.3 is 0 Å². The van der Waals surface area contributed by atoms with E-state index in [2.05, 4.69) is 0 Å². The van der Waals surface area contributed by atoms with Crippen molar-refractivity contribution >= 4 is 19.4 Å². The van der Waals surface area contributed by atoms with Crippen LogP contribution in [-0.2, 0) is 0 Å². The molecule has 11 heavy (non-hydrogen) atoms. The van der Waals surface area contributed by atoms with Crippen LogP contribution in [0.25, 0.3) is 6.08 Å². The fraction of sp³-hybridized carbons (Fsp3) is 0. The molecular weight excluding hydrogens is 137 g/mol. The number of rotatable bonds is 2. The lowest BCUT2D eigenvalue weighted by atomic mass is 9.95. The van der Waals surface area contributed by atoms with Crippen LogP contribution in [0, 0.1) is 0 Å². The van der Waals surface area contributed by atoms with E-state index in [9.17, 15) is 0 Å². The first kappa shape index (κ1) is 7.89. The van der Waals surface area contributed by atoms with Crippen LogP contribution in [0.15, 0.2) is 30.5 Å². The van der Waals surface area contributed by atoms with Gasteiger partial charge in [-0.15, -0.1) is 0 Å². The zero-order valence-corrected chi connectivity index (χ0v) is 6.41. The van der Waals surface area contributed by atoms with Gasteiger partial charge in [0, 0.05) is 6.20 Å². The van der Waals surface area contributed by atoms with Crippen LogP contribution in [0.3, 0.4) is 0 Å². The maximum atomic E-state index is 8.25. The van der Waals surface area contributed by atoms with Crippen molar-refractivity contribution in [1.29, 1.82) is 0 Å². The van der Waals surface area contributed by atoms with Crippen molar-refractivity contribution in [1.82, 2.24) is 5.48 Å². The molecule has 0 amide bonds. The van der Waals surface area contributed by atoms with E-state index in [0.29, 0.717) is 0 Å². The van der Waals surface area contributed by atoms with Gasteiger partial charge in [-0.3, -0.25) is 10.7 Å².